The molecule has 0 aliphatic rings. The van der Waals surface area contributed by atoms with Crippen LogP contribution in [0.3, 0.4) is 0 Å². The predicted octanol–water partition coefficient (Wildman–Crippen LogP) is 3.32. The van der Waals surface area contributed by atoms with E-state index >= 15 is 0 Å². The van der Waals surface area contributed by atoms with Crippen LogP contribution in [-0.4, -0.2) is 10.5 Å². The normalized spacial score (nSPS) is 11.5. The van der Waals surface area contributed by atoms with Gasteiger partial charge in [-0.25, -0.2) is 0 Å². The van der Waals surface area contributed by atoms with Crippen molar-refractivity contribution in [1.29, 1.82) is 0 Å². The van der Waals surface area contributed by atoms with Crippen LogP contribution in [0.1, 0.15) is 21.6 Å². The molecule has 122 valence electrons. The number of hydrogen-bond donors (Lipinski definition) is 1. The molecule has 0 unspecified atom stereocenters. The molecular formula is C14H9Cl2F3N2O2. The van der Waals surface area contributed by atoms with Gasteiger partial charge >= 0.3 is 6.18 Å². The van der Waals surface area contributed by atoms with Crippen molar-refractivity contribution in [3.05, 3.63) is 67.6 Å². The van der Waals surface area contributed by atoms with E-state index in [1.165, 1.54) is 18.2 Å². The van der Waals surface area contributed by atoms with Crippen LogP contribution in [0.2, 0.25) is 10.0 Å². The third kappa shape index (κ3) is 3.68. The van der Waals surface area contributed by atoms with E-state index in [1.807, 2.05) is 0 Å². The van der Waals surface area contributed by atoms with Crippen molar-refractivity contribution in [3.8, 4) is 0 Å². The number of nitrogens with two attached hydrogens (primary N) is 1. The second kappa shape index (κ2) is 6.25. The monoisotopic (exact) mass is 364 g/mol. The van der Waals surface area contributed by atoms with Gasteiger partial charge in [0.05, 0.1) is 16.6 Å². The summed E-state index contributed by atoms with van der Waals surface area (Å²) in [5.41, 5.74) is 2.47. The van der Waals surface area contributed by atoms with Gasteiger partial charge in [-0.1, -0.05) is 29.3 Å². The van der Waals surface area contributed by atoms with Gasteiger partial charge in [0, 0.05) is 0 Å². The van der Waals surface area contributed by atoms with E-state index in [-0.39, 0.29) is 10.0 Å². The number of aromatic nitrogens is 1. The van der Waals surface area contributed by atoms with Crippen LogP contribution in [0.15, 0.2) is 35.1 Å². The summed E-state index contributed by atoms with van der Waals surface area (Å²) < 4.78 is 39.7. The molecule has 0 saturated carbocycles. The maximum absolute atomic E-state index is 13.1. The Labute approximate surface area is 138 Å². The van der Waals surface area contributed by atoms with Gasteiger partial charge < -0.3 is 5.73 Å². The average molecular weight is 365 g/mol. The van der Waals surface area contributed by atoms with E-state index < -0.39 is 35.4 Å². The van der Waals surface area contributed by atoms with Gasteiger partial charge in [-0.3, -0.25) is 14.2 Å². The van der Waals surface area contributed by atoms with Gasteiger partial charge in [-0.15, -0.1) is 0 Å². The minimum Gasteiger partial charge on any atom is -0.365 e. The number of primary amides is 1. The number of benzene rings is 1. The van der Waals surface area contributed by atoms with Crippen molar-refractivity contribution in [2.75, 3.05) is 0 Å². The van der Waals surface area contributed by atoms with Crippen molar-refractivity contribution in [2.24, 2.45) is 5.73 Å². The maximum Gasteiger partial charge on any atom is 0.431 e. The number of nitrogens with zero attached hydrogens (tertiary/aromatic N) is 1. The van der Waals surface area contributed by atoms with Gasteiger partial charge in [-0.05, 0) is 29.8 Å². The topological polar surface area (TPSA) is 65.1 Å². The molecule has 0 saturated heterocycles. The van der Waals surface area contributed by atoms with Crippen LogP contribution >= 0.6 is 23.2 Å². The zero-order chi connectivity index (χ0) is 17.4. The third-order valence-electron chi connectivity index (χ3n) is 3.05. The number of rotatable bonds is 3. The van der Waals surface area contributed by atoms with Crippen LogP contribution in [-0.2, 0) is 12.7 Å². The second-order valence-corrected chi connectivity index (χ2v) is 5.45. The van der Waals surface area contributed by atoms with Crippen LogP contribution in [0.25, 0.3) is 0 Å². The number of carbonyl (C=O) groups excluding carboxylic acids is 1. The Morgan fingerprint density at radius 3 is 2.30 bits per heavy atom. The average Bonchev–Trinajstić information content (AvgIpc) is 2.43. The molecule has 0 aliphatic carbocycles. The molecule has 0 atom stereocenters. The van der Waals surface area contributed by atoms with Gasteiger partial charge in [0.15, 0.2) is 0 Å². The van der Waals surface area contributed by atoms with Gasteiger partial charge in [0.1, 0.15) is 11.3 Å². The quantitative estimate of drug-likeness (QED) is 0.907. The predicted molar refractivity (Wildman–Crippen MR) is 79.8 cm³/mol. The fourth-order valence-electron chi connectivity index (χ4n) is 1.99. The first-order chi connectivity index (χ1) is 10.6. The summed E-state index contributed by atoms with van der Waals surface area (Å²) in [5, 5.41) is 0.363. The molecule has 1 aromatic heterocycles. The molecule has 2 N–H and O–H groups in total. The molecule has 23 heavy (non-hydrogen) atoms. The van der Waals surface area contributed by atoms with E-state index in [4.69, 9.17) is 28.9 Å². The summed E-state index contributed by atoms with van der Waals surface area (Å²) in [6.07, 6.45) is -4.77. The number of halogens is 5. The molecule has 1 heterocycles. The number of hydrogen-bond acceptors (Lipinski definition) is 2. The Hall–Kier alpha value is -1.99. The molecule has 2 aromatic rings. The summed E-state index contributed by atoms with van der Waals surface area (Å²) >= 11 is 11.6. The molecule has 4 nitrogen and oxygen atoms in total. The Morgan fingerprint density at radius 2 is 1.78 bits per heavy atom. The first-order valence-electron chi connectivity index (χ1n) is 6.16. The molecule has 1 aromatic carbocycles. The summed E-state index contributed by atoms with van der Waals surface area (Å²) in [4.78, 5) is 23.3. The Balaban J connectivity index is 2.62. The van der Waals surface area contributed by atoms with Crippen molar-refractivity contribution in [1.82, 2.24) is 4.57 Å². The Bertz CT molecular complexity index is 832. The van der Waals surface area contributed by atoms with Crippen molar-refractivity contribution in [3.63, 3.8) is 0 Å². The van der Waals surface area contributed by atoms with E-state index in [1.54, 1.807) is 0 Å². The number of carbonyl (C=O) groups is 1. The minimum atomic E-state index is -4.77. The molecular weight excluding hydrogens is 356 g/mol. The molecule has 0 aliphatic heterocycles. The molecule has 0 radical (unpaired) electrons. The van der Waals surface area contributed by atoms with Crippen LogP contribution < -0.4 is 11.3 Å². The van der Waals surface area contributed by atoms with E-state index in [0.29, 0.717) is 16.2 Å². The summed E-state index contributed by atoms with van der Waals surface area (Å²) in [5.74, 6) is -1.10. The Morgan fingerprint density at radius 1 is 1.13 bits per heavy atom. The molecule has 1 amide bonds. The maximum atomic E-state index is 13.1. The highest BCUT2D eigenvalue weighted by atomic mass is 35.5. The van der Waals surface area contributed by atoms with Crippen LogP contribution in [0.5, 0.6) is 0 Å². The van der Waals surface area contributed by atoms with E-state index in [9.17, 15) is 22.8 Å². The Kier molecular flexibility index (Phi) is 4.72. The third-order valence-corrected chi connectivity index (χ3v) is 3.79. The lowest BCUT2D eigenvalue weighted by Crippen LogP contribution is -2.34. The molecule has 9 heteroatoms. The lowest BCUT2D eigenvalue weighted by molar-refractivity contribution is -0.144. The smallest absolute Gasteiger partial charge is 0.365 e. The highest BCUT2D eigenvalue weighted by Crippen LogP contribution is 2.29. The molecule has 0 fully saturated rings. The minimum absolute atomic E-state index is 0.136. The lowest BCUT2D eigenvalue weighted by Gasteiger charge is -2.16. The standard InChI is InChI=1S/C14H9Cl2F3N2O2/c15-9-3-1-7(5-10(9)16)6-21-11(14(17,18)19)4-2-8(12(20)22)13(21)23/h1-5H,6H2,(H2,20,22). The van der Waals surface area contributed by atoms with Gasteiger partial charge in [0.25, 0.3) is 11.5 Å². The number of alkyl halides is 3. The zero-order valence-corrected chi connectivity index (χ0v) is 12.8. The molecule has 0 bridgehead atoms. The van der Waals surface area contributed by atoms with Crippen molar-refractivity contribution in [2.45, 2.75) is 12.7 Å². The fraction of sp³-hybridized carbons (Fsp3) is 0.143. The van der Waals surface area contributed by atoms with E-state index in [0.717, 1.165) is 6.07 Å². The van der Waals surface area contributed by atoms with Crippen LogP contribution in [0, 0.1) is 0 Å². The van der Waals surface area contributed by atoms with E-state index in [2.05, 4.69) is 0 Å². The largest absolute Gasteiger partial charge is 0.431 e. The number of amides is 1. The summed E-state index contributed by atoms with van der Waals surface area (Å²) in [7, 11) is 0. The highest BCUT2D eigenvalue weighted by molar-refractivity contribution is 6.42. The first kappa shape index (κ1) is 17.4. The van der Waals surface area contributed by atoms with Crippen molar-refractivity contribution < 1.29 is 18.0 Å². The van der Waals surface area contributed by atoms with Crippen molar-refractivity contribution >= 4 is 29.1 Å². The van der Waals surface area contributed by atoms with Gasteiger partial charge in [0.2, 0.25) is 0 Å². The summed E-state index contributed by atoms with van der Waals surface area (Å²) in [6, 6.07) is 5.57. The molecule has 0 spiro atoms. The highest BCUT2D eigenvalue weighted by Gasteiger charge is 2.35. The van der Waals surface area contributed by atoms with Gasteiger partial charge in [-0.2, -0.15) is 13.2 Å². The lowest BCUT2D eigenvalue weighted by atomic mass is 10.1. The SMILES string of the molecule is NC(=O)c1ccc(C(F)(F)F)n(Cc2ccc(Cl)c(Cl)c2)c1=O. The summed E-state index contributed by atoms with van der Waals surface area (Å²) in [6.45, 7) is -0.439. The van der Waals surface area contributed by atoms with Crippen LogP contribution in [0.4, 0.5) is 13.2 Å². The second-order valence-electron chi connectivity index (χ2n) is 4.63. The number of pyridine rings is 1. The fourth-order valence-corrected chi connectivity index (χ4v) is 2.31. The zero-order valence-electron chi connectivity index (χ0n) is 11.3. The molecule has 2 rings (SSSR count). The first-order valence-corrected chi connectivity index (χ1v) is 6.91.